The van der Waals surface area contributed by atoms with Crippen LogP contribution in [0.25, 0.3) is 11.3 Å². The number of benzene rings is 3. The van der Waals surface area contributed by atoms with E-state index in [2.05, 4.69) is 31.2 Å². The zero-order valence-corrected chi connectivity index (χ0v) is 33.5. The number of rotatable bonds is 21. The summed E-state index contributed by atoms with van der Waals surface area (Å²) >= 11 is 6.33. The maximum Gasteiger partial charge on any atom is 0.251 e. The maximum atomic E-state index is 14.9. The van der Waals surface area contributed by atoms with Crippen molar-refractivity contribution in [2.75, 3.05) is 64.6 Å². The van der Waals surface area contributed by atoms with Gasteiger partial charge in [0.2, 0.25) is 11.9 Å². The van der Waals surface area contributed by atoms with Gasteiger partial charge in [-0.1, -0.05) is 44.5 Å². The Balaban J connectivity index is 0.966. The minimum absolute atomic E-state index is 0.0965. The Morgan fingerprint density at radius 1 is 0.879 bits per heavy atom. The van der Waals surface area contributed by atoms with Gasteiger partial charge in [-0.2, -0.15) is 0 Å². The Morgan fingerprint density at radius 2 is 1.55 bits per heavy atom. The predicted octanol–water partition coefficient (Wildman–Crippen LogP) is 5.66. The molecule has 58 heavy (non-hydrogen) atoms. The molecule has 1 aliphatic rings. The van der Waals surface area contributed by atoms with Gasteiger partial charge in [0.15, 0.2) is 0 Å². The monoisotopic (exact) mass is 819 g/mol. The average molecular weight is 820 g/mol. The van der Waals surface area contributed by atoms with Crippen LogP contribution in [-0.4, -0.2) is 99.1 Å². The second-order valence-electron chi connectivity index (χ2n) is 14.4. The van der Waals surface area contributed by atoms with Crippen molar-refractivity contribution in [3.8, 4) is 11.3 Å². The highest BCUT2D eigenvalue weighted by molar-refractivity contribution is 6.31. The third-order valence-electron chi connectivity index (χ3n) is 8.98. The fraction of sp³-hybridized carbons (Fsp3) is 0.381. The Morgan fingerprint density at radius 3 is 2.22 bits per heavy atom. The number of ether oxygens (including phenoxy) is 3. The molecule has 0 bridgehead atoms. The predicted molar refractivity (Wildman–Crippen MR) is 218 cm³/mol. The molecule has 308 valence electrons. The van der Waals surface area contributed by atoms with Crippen molar-refractivity contribution in [3.05, 3.63) is 106 Å². The first kappa shape index (κ1) is 43.9. The van der Waals surface area contributed by atoms with Crippen LogP contribution in [0.2, 0.25) is 5.02 Å². The molecule has 1 atom stereocenters. The molecule has 0 radical (unpaired) electrons. The van der Waals surface area contributed by atoms with Crippen LogP contribution in [-0.2, 0) is 30.3 Å². The summed E-state index contributed by atoms with van der Waals surface area (Å²) in [5.41, 5.74) is 2.92. The SMILES string of the molecule is CC(C)(C)C(C=O)NC(=O)CCNCCOCCOCCOCCNC(=O)c1ccc(Nc2ncc3c(n2)-c2ccc(Cl)cc2C(c2c(F)cccc2F)=NC3)cc1. The van der Waals surface area contributed by atoms with E-state index in [1.807, 2.05) is 20.8 Å². The van der Waals surface area contributed by atoms with Crippen molar-refractivity contribution >= 4 is 47.0 Å². The molecule has 4 aromatic rings. The lowest BCUT2D eigenvalue weighted by Gasteiger charge is -2.26. The molecule has 0 fully saturated rings. The molecular formula is C42H48ClF2N7O6. The van der Waals surface area contributed by atoms with Crippen LogP contribution >= 0.6 is 11.6 Å². The molecule has 1 aliphatic heterocycles. The average Bonchev–Trinajstić information content (AvgIpc) is 3.34. The van der Waals surface area contributed by atoms with Gasteiger partial charge in [-0.25, -0.2) is 18.7 Å². The Labute approximate surface area is 341 Å². The molecule has 0 spiro atoms. The number of anilines is 2. The third-order valence-corrected chi connectivity index (χ3v) is 9.22. The molecule has 3 aromatic carbocycles. The standard InChI is InChI=1S/C42H48ClF2N7O6/c1-42(2,3)35(26-53)51-36(54)13-14-46-15-17-56-19-21-58-22-20-57-18-16-47-40(55)27-7-10-30(11-8-27)50-41-49-25-28-24-48-39(37-33(44)5-4-6-34(37)45)32-23-29(43)9-12-31(32)38(28)52-41/h4-12,23,25-26,35,46H,13-22,24H2,1-3H3,(H,47,55)(H,51,54)(H,49,50,52). The number of amides is 2. The number of carbonyl (C=O) groups excluding carboxylic acids is 3. The molecule has 4 N–H and O–H groups in total. The van der Waals surface area contributed by atoms with Crippen molar-refractivity contribution in [1.82, 2.24) is 25.9 Å². The summed E-state index contributed by atoms with van der Waals surface area (Å²) < 4.78 is 46.3. The summed E-state index contributed by atoms with van der Waals surface area (Å²) in [6.45, 7) is 9.53. The van der Waals surface area contributed by atoms with Gasteiger partial charge in [0, 0.05) is 65.2 Å². The summed E-state index contributed by atoms with van der Waals surface area (Å²) in [6, 6.07) is 15.0. The number of nitrogens with zero attached hydrogens (tertiary/aromatic N) is 3. The largest absolute Gasteiger partial charge is 0.378 e. The lowest BCUT2D eigenvalue weighted by Crippen LogP contribution is -2.45. The molecule has 0 saturated heterocycles. The van der Waals surface area contributed by atoms with Crippen LogP contribution in [0.1, 0.15) is 54.2 Å². The third kappa shape index (κ3) is 12.7. The second-order valence-corrected chi connectivity index (χ2v) is 14.8. The molecule has 2 heterocycles. The molecule has 5 rings (SSSR count). The van der Waals surface area contributed by atoms with Gasteiger partial charge in [0.05, 0.1) is 69.2 Å². The van der Waals surface area contributed by atoms with Gasteiger partial charge in [0.25, 0.3) is 5.91 Å². The maximum absolute atomic E-state index is 14.9. The number of halogens is 3. The smallest absolute Gasteiger partial charge is 0.251 e. The van der Waals surface area contributed by atoms with E-state index in [0.717, 1.165) is 6.29 Å². The van der Waals surface area contributed by atoms with Crippen LogP contribution in [0.15, 0.2) is 71.9 Å². The number of aliphatic imine (C=N–C) groups is 1. The molecule has 0 aliphatic carbocycles. The van der Waals surface area contributed by atoms with Crippen LogP contribution in [0, 0.1) is 17.0 Å². The second kappa shape index (κ2) is 21.5. The first-order chi connectivity index (χ1) is 27.9. The van der Waals surface area contributed by atoms with E-state index in [1.54, 1.807) is 48.7 Å². The Hall–Kier alpha value is -5.19. The first-order valence-corrected chi connectivity index (χ1v) is 19.3. The summed E-state index contributed by atoms with van der Waals surface area (Å²) in [5.74, 6) is -1.62. The number of carbonyl (C=O) groups is 3. The van der Waals surface area contributed by atoms with E-state index in [9.17, 15) is 23.2 Å². The van der Waals surface area contributed by atoms with Crippen molar-refractivity contribution in [3.63, 3.8) is 0 Å². The van der Waals surface area contributed by atoms with Crippen molar-refractivity contribution in [1.29, 1.82) is 0 Å². The highest BCUT2D eigenvalue weighted by Gasteiger charge is 2.26. The molecular weight excluding hydrogens is 772 g/mol. The fourth-order valence-corrected chi connectivity index (χ4v) is 5.98. The van der Waals surface area contributed by atoms with E-state index >= 15 is 0 Å². The van der Waals surface area contributed by atoms with Crippen LogP contribution in [0.4, 0.5) is 20.4 Å². The number of nitrogens with one attached hydrogen (secondary N) is 4. The zero-order chi connectivity index (χ0) is 41.5. The van der Waals surface area contributed by atoms with Gasteiger partial charge in [-0.15, -0.1) is 0 Å². The zero-order valence-electron chi connectivity index (χ0n) is 32.7. The quantitative estimate of drug-likeness (QED) is 0.0610. The van der Waals surface area contributed by atoms with Crippen LogP contribution in [0.3, 0.4) is 0 Å². The fourth-order valence-electron chi connectivity index (χ4n) is 5.81. The van der Waals surface area contributed by atoms with E-state index in [0.29, 0.717) is 97.9 Å². The van der Waals surface area contributed by atoms with Crippen molar-refractivity contribution < 1.29 is 37.4 Å². The molecule has 1 unspecified atom stereocenters. The lowest BCUT2D eigenvalue weighted by atomic mass is 9.87. The van der Waals surface area contributed by atoms with E-state index in [4.69, 9.17) is 30.8 Å². The summed E-state index contributed by atoms with van der Waals surface area (Å²) in [5, 5.41) is 12.2. The number of hydrogen-bond donors (Lipinski definition) is 4. The number of fused-ring (bicyclic) bond motifs is 3. The molecule has 13 nitrogen and oxygen atoms in total. The lowest BCUT2D eigenvalue weighted by molar-refractivity contribution is -0.125. The topological polar surface area (TPSA) is 165 Å². The van der Waals surface area contributed by atoms with E-state index in [-0.39, 0.29) is 47.4 Å². The Kier molecular flexibility index (Phi) is 16.3. The summed E-state index contributed by atoms with van der Waals surface area (Å²) in [6.07, 6.45) is 2.66. The number of aldehydes is 1. The molecule has 16 heteroatoms. The van der Waals surface area contributed by atoms with Gasteiger partial charge in [-0.05, 0) is 53.9 Å². The minimum Gasteiger partial charge on any atom is -0.378 e. The number of aromatic nitrogens is 2. The van der Waals surface area contributed by atoms with E-state index < -0.39 is 17.7 Å². The first-order valence-electron chi connectivity index (χ1n) is 18.9. The van der Waals surface area contributed by atoms with Crippen molar-refractivity contribution in [2.24, 2.45) is 10.4 Å². The van der Waals surface area contributed by atoms with Crippen molar-refractivity contribution in [2.45, 2.75) is 39.8 Å². The molecule has 2 amide bonds. The van der Waals surface area contributed by atoms with Gasteiger partial charge in [0.1, 0.15) is 17.9 Å². The Bertz CT molecular complexity index is 2040. The van der Waals surface area contributed by atoms with Crippen LogP contribution < -0.4 is 21.3 Å². The normalized spacial score (nSPS) is 12.8. The summed E-state index contributed by atoms with van der Waals surface area (Å²) in [7, 11) is 0. The molecule has 1 aromatic heterocycles. The van der Waals surface area contributed by atoms with Gasteiger partial charge < -0.3 is 40.3 Å². The molecule has 0 saturated carbocycles. The van der Waals surface area contributed by atoms with E-state index in [1.165, 1.54) is 18.2 Å². The minimum atomic E-state index is -0.734. The van der Waals surface area contributed by atoms with Crippen LogP contribution in [0.5, 0.6) is 0 Å². The van der Waals surface area contributed by atoms with Gasteiger partial charge in [-0.3, -0.25) is 14.6 Å². The van der Waals surface area contributed by atoms with Gasteiger partial charge >= 0.3 is 0 Å². The summed E-state index contributed by atoms with van der Waals surface area (Å²) in [4.78, 5) is 49.6. The highest BCUT2D eigenvalue weighted by Crippen LogP contribution is 2.35. The number of hydrogen-bond acceptors (Lipinski definition) is 11. The highest BCUT2D eigenvalue weighted by atomic mass is 35.5.